The first-order chi connectivity index (χ1) is 8.93. The molecule has 1 aromatic carbocycles. The highest BCUT2D eigenvalue weighted by molar-refractivity contribution is 6.03. The average Bonchev–Trinajstić information content (AvgIpc) is 2.92. The number of hydrogen-bond donors (Lipinski definition) is 1. The average molecular weight is 257 g/mol. The van der Waals surface area contributed by atoms with Gasteiger partial charge in [-0.05, 0) is 25.3 Å². The molecule has 1 heterocycles. The number of hydrogen-bond acceptors (Lipinski definition) is 3. The van der Waals surface area contributed by atoms with Crippen LogP contribution in [0, 0.1) is 0 Å². The molecule has 0 aliphatic heterocycles. The number of Topliss-reactive ketones (excluding diaryl/α,β-unsaturated/α-hetero) is 1. The number of ketones is 1. The van der Waals surface area contributed by atoms with E-state index in [9.17, 15) is 4.79 Å². The highest BCUT2D eigenvalue weighted by Gasteiger charge is 2.33. The predicted octanol–water partition coefficient (Wildman–Crippen LogP) is 3.09. The van der Waals surface area contributed by atoms with Crippen LogP contribution in [0.25, 0.3) is 0 Å². The van der Waals surface area contributed by atoms with Gasteiger partial charge >= 0.3 is 0 Å². The zero-order valence-corrected chi connectivity index (χ0v) is 11.8. The fraction of sp³-hybridized carbons (Fsp3) is 0.400. The van der Waals surface area contributed by atoms with Crippen molar-refractivity contribution >= 4 is 5.78 Å². The maximum atomic E-state index is 12.6. The molecule has 19 heavy (non-hydrogen) atoms. The largest absolute Gasteiger partial charge is 0.293 e. The fourth-order valence-electron chi connectivity index (χ4n) is 1.99. The Labute approximate surface area is 113 Å². The molecule has 0 amide bonds. The molecule has 0 aliphatic rings. The lowest BCUT2D eigenvalue weighted by molar-refractivity contribution is 0.0903. The number of carbonyl (C=O) groups excluding carboxylic acids is 1. The Balaban J connectivity index is 2.29. The summed E-state index contributed by atoms with van der Waals surface area (Å²) in [5.74, 6) is 1.09. The van der Waals surface area contributed by atoms with Crippen molar-refractivity contribution in [2.24, 2.45) is 0 Å². The van der Waals surface area contributed by atoms with Crippen LogP contribution in [0.4, 0.5) is 0 Å². The summed E-state index contributed by atoms with van der Waals surface area (Å²) >= 11 is 0. The van der Waals surface area contributed by atoms with E-state index in [1.807, 2.05) is 38.1 Å². The van der Waals surface area contributed by atoms with Crippen LogP contribution >= 0.6 is 0 Å². The van der Waals surface area contributed by atoms with Crippen LogP contribution < -0.4 is 0 Å². The van der Waals surface area contributed by atoms with Crippen molar-refractivity contribution < 1.29 is 4.79 Å². The van der Waals surface area contributed by atoms with E-state index >= 15 is 0 Å². The van der Waals surface area contributed by atoms with E-state index in [1.165, 1.54) is 11.9 Å². The molecule has 0 saturated heterocycles. The van der Waals surface area contributed by atoms with Crippen LogP contribution in [-0.2, 0) is 5.41 Å². The summed E-state index contributed by atoms with van der Waals surface area (Å²) in [6, 6.07) is 7.79. The first-order valence-corrected chi connectivity index (χ1v) is 6.43. The zero-order valence-electron chi connectivity index (χ0n) is 11.8. The molecule has 4 nitrogen and oxygen atoms in total. The Morgan fingerprint density at radius 2 is 1.84 bits per heavy atom. The summed E-state index contributed by atoms with van der Waals surface area (Å²) in [5.41, 5.74) is 1.23. The monoisotopic (exact) mass is 257 g/mol. The molecular weight excluding hydrogens is 238 g/mol. The van der Waals surface area contributed by atoms with Gasteiger partial charge < -0.3 is 0 Å². The third-order valence-electron chi connectivity index (χ3n) is 3.41. The lowest BCUT2D eigenvalue weighted by Gasteiger charge is -2.20. The Kier molecular flexibility index (Phi) is 3.51. The van der Waals surface area contributed by atoms with Crippen molar-refractivity contribution in [1.82, 2.24) is 15.2 Å². The molecule has 2 rings (SSSR count). The van der Waals surface area contributed by atoms with E-state index in [1.54, 1.807) is 0 Å². The second-order valence-corrected chi connectivity index (χ2v) is 5.56. The molecule has 0 bridgehead atoms. The molecule has 0 radical (unpaired) electrons. The molecule has 0 unspecified atom stereocenters. The van der Waals surface area contributed by atoms with Gasteiger partial charge in [-0.1, -0.05) is 38.1 Å². The number of aromatic amines is 1. The first-order valence-electron chi connectivity index (χ1n) is 6.43. The van der Waals surface area contributed by atoms with Crippen LogP contribution in [0.15, 0.2) is 30.6 Å². The number of H-pyrrole nitrogens is 1. The van der Waals surface area contributed by atoms with E-state index in [2.05, 4.69) is 29.0 Å². The molecule has 0 spiro atoms. The van der Waals surface area contributed by atoms with Gasteiger partial charge in [0.15, 0.2) is 5.78 Å². The normalized spacial score (nSPS) is 11.8. The van der Waals surface area contributed by atoms with Gasteiger partial charge in [0.05, 0.1) is 5.41 Å². The third-order valence-corrected chi connectivity index (χ3v) is 3.41. The van der Waals surface area contributed by atoms with Gasteiger partial charge in [0, 0.05) is 5.56 Å². The topological polar surface area (TPSA) is 58.6 Å². The number of aromatic nitrogens is 3. The highest BCUT2D eigenvalue weighted by atomic mass is 16.1. The highest BCUT2D eigenvalue weighted by Crippen LogP contribution is 2.25. The second-order valence-electron chi connectivity index (χ2n) is 5.56. The molecule has 1 N–H and O–H groups in total. The van der Waals surface area contributed by atoms with E-state index < -0.39 is 5.41 Å². The quantitative estimate of drug-likeness (QED) is 0.856. The Morgan fingerprint density at radius 1 is 1.21 bits per heavy atom. The van der Waals surface area contributed by atoms with Crippen LogP contribution in [0.5, 0.6) is 0 Å². The summed E-state index contributed by atoms with van der Waals surface area (Å²) in [6.45, 7) is 7.98. The van der Waals surface area contributed by atoms with Gasteiger partial charge in [-0.25, -0.2) is 4.98 Å². The first kappa shape index (κ1) is 13.5. The Bertz CT molecular complexity index is 554. The second kappa shape index (κ2) is 4.96. The number of nitrogens with one attached hydrogen (secondary N) is 1. The SMILES string of the molecule is CC(C)c1ccc(C(=O)C(C)(C)c2ncn[nH]2)cc1. The molecule has 1 aromatic heterocycles. The molecule has 0 aliphatic carbocycles. The van der Waals surface area contributed by atoms with E-state index in [4.69, 9.17) is 0 Å². The molecule has 0 saturated carbocycles. The zero-order chi connectivity index (χ0) is 14.0. The summed E-state index contributed by atoms with van der Waals surface area (Å²) < 4.78 is 0. The lowest BCUT2D eigenvalue weighted by atomic mass is 9.83. The van der Waals surface area contributed by atoms with Crippen LogP contribution in [0.3, 0.4) is 0 Å². The molecule has 100 valence electrons. The van der Waals surface area contributed by atoms with Gasteiger partial charge in [-0.3, -0.25) is 9.89 Å². The van der Waals surface area contributed by atoms with Crippen LogP contribution in [0.2, 0.25) is 0 Å². The minimum atomic E-state index is -0.699. The number of benzene rings is 1. The van der Waals surface area contributed by atoms with Gasteiger partial charge in [0.25, 0.3) is 0 Å². The standard InChI is InChI=1S/C15H19N3O/c1-10(2)11-5-7-12(8-6-11)13(19)15(3,4)14-16-9-17-18-14/h5-10H,1-4H3,(H,16,17,18). The van der Waals surface area contributed by atoms with Crippen LogP contribution in [0.1, 0.15) is 55.4 Å². The van der Waals surface area contributed by atoms with Crippen molar-refractivity contribution in [3.8, 4) is 0 Å². The summed E-state index contributed by atoms with van der Waals surface area (Å²) in [5, 5.41) is 6.59. The molecular formula is C15H19N3O. The maximum Gasteiger partial charge on any atom is 0.176 e. The van der Waals surface area contributed by atoms with Crippen LogP contribution in [-0.4, -0.2) is 21.0 Å². The summed E-state index contributed by atoms with van der Waals surface area (Å²) in [6.07, 6.45) is 1.42. The minimum absolute atomic E-state index is 0.0413. The summed E-state index contributed by atoms with van der Waals surface area (Å²) in [7, 11) is 0. The van der Waals surface area contributed by atoms with Crippen molar-refractivity contribution in [3.63, 3.8) is 0 Å². The van der Waals surface area contributed by atoms with E-state index in [0.29, 0.717) is 17.3 Å². The Hall–Kier alpha value is -1.97. The van der Waals surface area contributed by atoms with Gasteiger partial charge in [0.2, 0.25) is 0 Å². The fourth-order valence-corrected chi connectivity index (χ4v) is 1.99. The van der Waals surface area contributed by atoms with E-state index in [-0.39, 0.29) is 5.78 Å². The number of nitrogens with zero attached hydrogens (tertiary/aromatic N) is 2. The van der Waals surface area contributed by atoms with Gasteiger partial charge in [-0.15, -0.1) is 0 Å². The molecule has 0 fully saturated rings. The summed E-state index contributed by atoms with van der Waals surface area (Å²) in [4.78, 5) is 16.7. The number of rotatable bonds is 4. The van der Waals surface area contributed by atoms with Gasteiger partial charge in [0.1, 0.15) is 12.2 Å². The number of carbonyl (C=O) groups is 1. The molecule has 4 heteroatoms. The predicted molar refractivity (Wildman–Crippen MR) is 74.3 cm³/mol. The minimum Gasteiger partial charge on any atom is -0.293 e. The maximum absolute atomic E-state index is 12.6. The van der Waals surface area contributed by atoms with E-state index in [0.717, 1.165) is 0 Å². The van der Waals surface area contributed by atoms with Crippen molar-refractivity contribution in [1.29, 1.82) is 0 Å². The third kappa shape index (κ3) is 2.57. The smallest absolute Gasteiger partial charge is 0.176 e. The molecule has 0 atom stereocenters. The van der Waals surface area contributed by atoms with Gasteiger partial charge in [-0.2, -0.15) is 5.10 Å². The lowest BCUT2D eigenvalue weighted by Crippen LogP contribution is -2.30. The van der Waals surface area contributed by atoms with Crippen molar-refractivity contribution in [3.05, 3.63) is 47.5 Å². The molecule has 2 aromatic rings. The van der Waals surface area contributed by atoms with Crippen molar-refractivity contribution in [2.75, 3.05) is 0 Å². The Morgan fingerprint density at radius 3 is 2.32 bits per heavy atom. The van der Waals surface area contributed by atoms with Crippen molar-refractivity contribution in [2.45, 2.75) is 39.0 Å².